The van der Waals surface area contributed by atoms with E-state index in [1.165, 1.54) is 5.57 Å². The lowest BCUT2D eigenvalue weighted by Crippen LogP contribution is -2.02. The van der Waals surface area contributed by atoms with E-state index in [-0.39, 0.29) is 5.97 Å². The Morgan fingerprint density at radius 3 is 2.56 bits per heavy atom. The first-order valence-electron chi connectivity index (χ1n) is 6.29. The molecular weight excluding hydrogens is 226 g/mol. The molecule has 0 aliphatic carbocycles. The summed E-state index contributed by atoms with van der Waals surface area (Å²) in [4.78, 5) is 11.2. The number of carbonyl (C=O) groups excluding carboxylic acids is 1. The summed E-state index contributed by atoms with van der Waals surface area (Å²) in [7, 11) is 0. The van der Waals surface area contributed by atoms with Gasteiger partial charge < -0.3 is 10.5 Å². The maximum atomic E-state index is 11.2. The lowest BCUT2D eigenvalue weighted by atomic mass is 10.0. The van der Waals surface area contributed by atoms with Gasteiger partial charge in [0.2, 0.25) is 0 Å². The summed E-state index contributed by atoms with van der Waals surface area (Å²) in [5.41, 5.74) is 9.01. The third kappa shape index (κ3) is 4.72. The molecule has 2 N–H and O–H groups in total. The van der Waals surface area contributed by atoms with Crippen molar-refractivity contribution in [3.63, 3.8) is 0 Å². The Labute approximate surface area is 109 Å². The van der Waals surface area contributed by atoms with E-state index in [2.05, 4.69) is 18.2 Å². The highest BCUT2D eigenvalue weighted by atomic mass is 16.5. The van der Waals surface area contributed by atoms with Gasteiger partial charge in [-0.05, 0) is 37.0 Å². The molecule has 0 aromatic heterocycles. The molecule has 0 radical (unpaired) electrons. The van der Waals surface area contributed by atoms with E-state index in [0.717, 1.165) is 11.1 Å². The second kappa shape index (κ2) is 7.67. The van der Waals surface area contributed by atoms with Gasteiger partial charge in [0.25, 0.3) is 0 Å². The fraction of sp³-hybridized carbons (Fsp3) is 0.400. The highest BCUT2D eigenvalue weighted by Crippen LogP contribution is 2.15. The fourth-order valence-corrected chi connectivity index (χ4v) is 1.66. The number of hydrogen-bond donors (Lipinski definition) is 1. The summed E-state index contributed by atoms with van der Waals surface area (Å²) in [5, 5.41) is 0. The average molecular weight is 247 g/mol. The molecule has 1 aromatic carbocycles. The van der Waals surface area contributed by atoms with Crippen LogP contribution in [0.5, 0.6) is 0 Å². The van der Waals surface area contributed by atoms with Crippen molar-refractivity contribution in [1.82, 2.24) is 0 Å². The van der Waals surface area contributed by atoms with Crippen molar-refractivity contribution in [2.75, 3.05) is 6.61 Å². The molecule has 0 aliphatic rings. The number of rotatable bonds is 6. The zero-order chi connectivity index (χ0) is 13.4. The zero-order valence-electron chi connectivity index (χ0n) is 11.1. The van der Waals surface area contributed by atoms with Crippen LogP contribution in [0.3, 0.4) is 0 Å². The van der Waals surface area contributed by atoms with E-state index in [1.54, 1.807) is 0 Å². The third-order valence-corrected chi connectivity index (χ3v) is 2.75. The van der Waals surface area contributed by atoms with Gasteiger partial charge in [-0.1, -0.05) is 30.3 Å². The molecule has 1 rings (SSSR count). The Hall–Kier alpha value is -1.61. The highest BCUT2D eigenvalue weighted by molar-refractivity contribution is 5.70. The van der Waals surface area contributed by atoms with Gasteiger partial charge in [0, 0.05) is 13.0 Å². The van der Waals surface area contributed by atoms with Gasteiger partial charge in [-0.15, -0.1) is 0 Å². The molecule has 0 saturated carbocycles. The molecule has 1 aromatic rings. The first-order chi connectivity index (χ1) is 8.67. The van der Waals surface area contributed by atoms with Crippen LogP contribution in [0.2, 0.25) is 0 Å². The van der Waals surface area contributed by atoms with Crippen LogP contribution in [0.25, 0.3) is 5.57 Å². The number of carbonyl (C=O) groups is 1. The van der Waals surface area contributed by atoms with Crippen LogP contribution in [0.4, 0.5) is 0 Å². The van der Waals surface area contributed by atoms with Crippen molar-refractivity contribution >= 4 is 11.5 Å². The summed E-state index contributed by atoms with van der Waals surface area (Å²) in [6.07, 6.45) is 3.21. The molecular formula is C15H21NO2. The lowest BCUT2D eigenvalue weighted by Gasteiger charge is -2.04. The van der Waals surface area contributed by atoms with E-state index < -0.39 is 0 Å². The minimum atomic E-state index is -0.139. The van der Waals surface area contributed by atoms with Crippen LogP contribution in [0, 0.1) is 0 Å². The van der Waals surface area contributed by atoms with Crippen LogP contribution in [-0.2, 0) is 16.1 Å². The molecule has 0 heterocycles. The number of esters is 1. The zero-order valence-corrected chi connectivity index (χ0v) is 11.1. The van der Waals surface area contributed by atoms with Crippen molar-refractivity contribution in [3.05, 3.63) is 41.5 Å². The first kappa shape index (κ1) is 14.5. The van der Waals surface area contributed by atoms with E-state index >= 15 is 0 Å². The maximum absolute atomic E-state index is 11.2. The number of benzene rings is 1. The fourth-order valence-electron chi connectivity index (χ4n) is 1.66. The maximum Gasteiger partial charge on any atom is 0.306 e. The molecule has 18 heavy (non-hydrogen) atoms. The van der Waals surface area contributed by atoms with Gasteiger partial charge in [-0.3, -0.25) is 4.79 Å². The van der Waals surface area contributed by atoms with Crippen LogP contribution in [-0.4, -0.2) is 12.6 Å². The predicted octanol–water partition coefficient (Wildman–Crippen LogP) is 2.89. The quantitative estimate of drug-likeness (QED) is 0.786. The average Bonchev–Trinajstić information content (AvgIpc) is 2.39. The van der Waals surface area contributed by atoms with Crippen molar-refractivity contribution < 1.29 is 9.53 Å². The Morgan fingerprint density at radius 1 is 1.33 bits per heavy atom. The Bertz CT molecular complexity index is 407. The smallest absolute Gasteiger partial charge is 0.306 e. The predicted molar refractivity (Wildman–Crippen MR) is 73.9 cm³/mol. The van der Waals surface area contributed by atoms with Crippen LogP contribution in [0.15, 0.2) is 30.3 Å². The number of ether oxygens (including phenoxy) is 1. The lowest BCUT2D eigenvalue weighted by molar-refractivity contribution is -0.142. The molecule has 0 spiro atoms. The van der Waals surface area contributed by atoms with E-state index in [1.807, 2.05) is 26.0 Å². The SMILES string of the molecule is CCOC(=O)CC/C=C(\C)c1ccc(CN)cc1. The van der Waals surface area contributed by atoms with E-state index in [9.17, 15) is 4.79 Å². The van der Waals surface area contributed by atoms with Crippen LogP contribution < -0.4 is 5.73 Å². The Kier molecular flexibility index (Phi) is 6.15. The van der Waals surface area contributed by atoms with Gasteiger partial charge in [-0.2, -0.15) is 0 Å². The molecule has 3 nitrogen and oxygen atoms in total. The Morgan fingerprint density at radius 2 is 2.00 bits per heavy atom. The molecule has 0 bridgehead atoms. The number of allylic oxidation sites excluding steroid dienone is 2. The monoisotopic (exact) mass is 247 g/mol. The minimum absolute atomic E-state index is 0.139. The molecule has 3 heteroatoms. The summed E-state index contributed by atoms with van der Waals surface area (Å²) >= 11 is 0. The van der Waals surface area contributed by atoms with Gasteiger partial charge in [0.05, 0.1) is 6.61 Å². The molecule has 0 saturated heterocycles. The molecule has 98 valence electrons. The first-order valence-corrected chi connectivity index (χ1v) is 6.29. The van der Waals surface area contributed by atoms with Gasteiger partial charge in [0.1, 0.15) is 0 Å². The van der Waals surface area contributed by atoms with Crippen molar-refractivity contribution in [3.8, 4) is 0 Å². The second-order valence-corrected chi connectivity index (χ2v) is 4.13. The molecule has 0 amide bonds. The van der Waals surface area contributed by atoms with E-state index in [4.69, 9.17) is 10.5 Å². The summed E-state index contributed by atoms with van der Waals surface area (Å²) in [5.74, 6) is -0.139. The third-order valence-electron chi connectivity index (χ3n) is 2.75. The van der Waals surface area contributed by atoms with Gasteiger partial charge in [0.15, 0.2) is 0 Å². The number of hydrogen-bond acceptors (Lipinski definition) is 3. The standard InChI is InChI=1S/C15H21NO2/c1-3-18-15(17)6-4-5-12(2)14-9-7-13(11-16)8-10-14/h5,7-10H,3-4,6,11,16H2,1-2H3/b12-5+. The molecule has 0 atom stereocenters. The summed E-state index contributed by atoms with van der Waals surface area (Å²) in [6.45, 7) is 4.87. The van der Waals surface area contributed by atoms with Gasteiger partial charge in [-0.25, -0.2) is 0 Å². The topological polar surface area (TPSA) is 52.3 Å². The summed E-state index contributed by atoms with van der Waals surface area (Å²) < 4.78 is 4.88. The number of nitrogens with two attached hydrogens (primary N) is 1. The molecule has 0 fully saturated rings. The van der Waals surface area contributed by atoms with E-state index in [0.29, 0.717) is 26.0 Å². The normalized spacial score (nSPS) is 11.4. The Balaban J connectivity index is 2.52. The largest absolute Gasteiger partial charge is 0.466 e. The second-order valence-electron chi connectivity index (χ2n) is 4.13. The van der Waals surface area contributed by atoms with Crippen molar-refractivity contribution in [2.45, 2.75) is 33.2 Å². The molecule has 0 unspecified atom stereocenters. The summed E-state index contributed by atoms with van der Waals surface area (Å²) in [6, 6.07) is 8.16. The van der Waals surface area contributed by atoms with Crippen molar-refractivity contribution in [1.29, 1.82) is 0 Å². The van der Waals surface area contributed by atoms with Crippen LogP contribution in [0.1, 0.15) is 37.8 Å². The van der Waals surface area contributed by atoms with Gasteiger partial charge >= 0.3 is 5.97 Å². The van der Waals surface area contributed by atoms with Crippen molar-refractivity contribution in [2.24, 2.45) is 5.73 Å². The molecule has 0 aliphatic heterocycles. The van der Waals surface area contributed by atoms with Crippen LogP contribution >= 0.6 is 0 Å². The minimum Gasteiger partial charge on any atom is -0.466 e. The highest BCUT2D eigenvalue weighted by Gasteiger charge is 2.00.